The summed E-state index contributed by atoms with van der Waals surface area (Å²) >= 11 is 3.74. The van der Waals surface area contributed by atoms with E-state index in [0.717, 1.165) is 0 Å². The lowest BCUT2D eigenvalue weighted by atomic mass is 9.75. The Labute approximate surface area is 89.5 Å². The first-order chi connectivity index (χ1) is 5.86. The van der Waals surface area contributed by atoms with Crippen molar-refractivity contribution < 1.29 is 0 Å². The molecule has 1 heteroatoms. The highest BCUT2D eigenvalue weighted by Gasteiger charge is 2.35. The smallest absolute Gasteiger partial charge is 0.0292 e. The highest BCUT2D eigenvalue weighted by atomic mass is 79.9. The van der Waals surface area contributed by atoms with Gasteiger partial charge in [-0.25, -0.2) is 0 Å². The molecule has 0 saturated carbocycles. The van der Waals surface area contributed by atoms with Crippen LogP contribution in [-0.2, 0) is 5.41 Å². The number of halogens is 1. The van der Waals surface area contributed by atoms with E-state index in [0.29, 0.717) is 0 Å². The summed E-state index contributed by atoms with van der Waals surface area (Å²) in [6.45, 7) is 8.94. The van der Waals surface area contributed by atoms with E-state index in [2.05, 4.69) is 74.0 Å². The van der Waals surface area contributed by atoms with Crippen LogP contribution in [-0.4, -0.2) is 4.32 Å². The minimum absolute atomic E-state index is 0.112. The van der Waals surface area contributed by atoms with Crippen molar-refractivity contribution in [1.29, 1.82) is 0 Å². The number of benzene rings is 1. The molecule has 0 aliphatic heterocycles. The molecule has 1 rings (SSSR count). The number of hydrogen-bond donors (Lipinski definition) is 0. The van der Waals surface area contributed by atoms with Crippen molar-refractivity contribution >= 4 is 15.9 Å². The Morgan fingerprint density at radius 1 is 0.923 bits per heavy atom. The van der Waals surface area contributed by atoms with Gasteiger partial charge in [0, 0.05) is 9.74 Å². The van der Waals surface area contributed by atoms with Crippen LogP contribution in [0.1, 0.15) is 33.3 Å². The third kappa shape index (κ3) is 2.14. The largest absolute Gasteiger partial charge is 0.0850 e. The molecule has 0 atom stereocenters. The van der Waals surface area contributed by atoms with Crippen LogP contribution in [0, 0.1) is 0 Å². The molecule has 72 valence electrons. The summed E-state index contributed by atoms with van der Waals surface area (Å²) in [6.07, 6.45) is 0. The average molecular weight is 241 g/mol. The second-order valence-corrected chi connectivity index (χ2v) is 6.45. The van der Waals surface area contributed by atoms with E-state index in [9.17, 15) is 0 Å². The molecule has 1 aromatic rings. The topological polar surface area (TPSA) is 0 Å². The summed E-state index contributed by atoms with van der Waals surface area (Å²) in [4.78, 5) is 0. The standard InChI is InChI=1S/C12H17Br/c1-11(2,12(3,4)13)10-8-6-5-7-9-10/h5-9H,1-4H3. The molecule has 0 bridgehead atoms. The molecular formula is C12H17Br. The van der Waals surface area contributed by atoms with Crippen LogP contribution in [0.4, 0.5) is 0 Å². The second-order valence-electron chi connectivity index (χ2n) is 4.46. The first-order valence-electron chi connectivity index (χ1n) is 4.60. The third-order valence-corrected chi connectivity index (χ3v) is 3.97. The van der Waals surface area contributed by atoms with Crippen LogP contribution >= 0.6 is 15.9 Å². The highest BCUT2D eigenvalue weighted by Crippen LogP contribution is 2.40. The Hall–Kier alpha value is -0.300. The van der Waals surface area contributed by atoms with Gasteiger partial charge in [0.25, 0.3) is 0 Å². The summed E-state index contributed by atoms with van der Waals surface area (Å²) in [7, 11) is 0. The normalized spacial score (nSPS) is 13.0. The molecule has 0 radical (unpaired) electrons. The summed E-state index contributed by atoms with van der Waals surface area (Å²) in [5.74, 6) is 0. The highest BCUT2D eigenvalue weighted by molar-refractivity contribution is 9.10. The van der Waals surface area contributed by atoms with Crippen LogP contribution in [0.3, 0.4) is 0 Å². The predicted molar refractivity (Wildman–Crippen MR) is 62.5 cm³/mol. The zero-order valence-electron chi connectivity index (χ0n) is 8.76. The maximum Gasteiger partial charge on any atom is 0.0292 e. The molecule has 0 heterocycles. The SMILES string of the molecule is CC(C)(Br)C(C)(C)c1ccccc1. The molecule has 1 aromatic carbocycles. The van der Waals surface area contributed by atoms with Crippen molar-refractivity contribution in [3.8, 4) is 0 Å². The van der Waals surface area contributed by atoms with Gasteiger partial charge in [-0.3, -0.25) is 0 Å². The monoisotopic (exact) mass is 240 g/mol. The Balaban J connectivity index is 3.08. The molecule has 0 aliphatic rings. The lowest BCUT2D eigenvalue weighted by Crippen LogP contribution is -2.37. The van der Waals surface area contributed by atoms with Gasteiger partial charge in [0.05, 0.1) is 0 Å². The zero-order valence-corrected chi connectivity index (χ0v) is 10.4. The first kappa shape index (κ1) is 10.8. The van der Waals surface area contributed by atoms with Gasteiger partial charge in [0.1, 0.15) is 0 Å². The van der Waals surface area contributed by atoms with Gasteiger partial charge in [0.15, 0.2) is 0 Å². The maximum atomic E-state index is 3.74. The summed E-state index contributed by atoms with van der Waals surface area (Å²) in [5, 5.41) is 0. The molecule has 13 heavy (non-hydrogen) atoms. The van der Waals surface area contributed by atoms with E-state index in [1.54, 1.807) is 0 Å². The van der Waals surface area contributed by atoms with E-state index < -0.39 is 0 Å². The molecule has 0 unspecified atom stereocenters. The fourth-order valence-corrected chi connectivity index (χ4v) is 1.43. The molecule has 0 saturated heterocycles. The lowest BCUT2D eigenvalue weighted by Gasteiger charge is -2.37. The van der Waals surface area contributed by atoms with Crippen molar-refractivity contribution in [2.24, 2.45) is 0 Å². The third-order valence-electron chi connectivity index (χ3n) is 2.98. The predicted octanol–water partition coefficient (Wildman–Crippen LogP) is 4.14. The van der Waals surface area contributed by atoms with E-state index in [4.69, 9.17) is 0 Å². The number of alkyl halides is 1. The molecule has 0 fully saturated rings. The fourth-order valence-electron chi connectivity index (χ4n) is 1.20. The average Bonchev–Trinajstić information content (AvgIpc) is 2.04. The van der Waals surface area contributed by atoms with E-state index >= 15 is 0 Å². The van der Waals surface area contributed by atoms with Crippen LogP contribution in [0.15, 0.2) is 30.3 Å². The van der Waals surface area contributed by atoms with Gasteiger partial charge in [0.2, 0.25) is 0 Å². The minimum Gasteiger partial charge on any atom is -0.0850 e. The van der Waals surface area contributed by atoms with Gasteiger partial charge in [-0.05, 0) is 19.4 Å². The van der Waals surface area contributed by atoms with E-state index in [1.165, 1.54) is 5.56 Å². The van der Waals surface area contributed by atoms with Crippen LogP contribution in [0.5, 0.6) is 0 Å². The van der Waals surface area contributed by atoms with E-state index in [-0.39, 0.29) is 9.74 Å². The molecule has 0 aliphatic carbocycles. The van der Waals surface area contributed by atoms with Crippen molar-refractivity contribution in [1.82, 2.24) is 0 Å². The second kappa shape index (κ2) is 3.45. The Morgan fingerprint density at radius 3 is 1.77 bits per heavy atom. The summed E-state index contributed by atoms with van der Waals surface area (Å²) in [6, 6.07) is 10.6. The fraction of sp³-hybridized carbons (Fsp3) is 0.500. The van der Waals surface area contributed by atoms with Crippen molar-refractivity contribution in [2.45, 2.75) is 37.4 Å². The molecular weight excluding hydrogens is 224 g/mol. The molecule has 0 nitrogen and oxygen atoms in total. The quantitative estimate of drug-likeness (QED) is 0.682. The molecule has 0 amide bonds. The Kier molecular flexibility index (Phi) is 2.86. The van der Waals surface area contributed by atoms with Gasteiger partial charge in [-0.1, -0.05) is 60.1 Å². The van der Waals surface area contributed by atoms with Crippen LogP contribution in [0.2, 0.25) is 0 Å². The number of hydrogen-bond acceptors (Lipinski definition) is 0. The Morgan fingerprint density at radius 2 is 1.38 bits per heavy atom. The Bertz CT molecular complexity index is 267. The van der Waals surface area contributed by atoms with Gasteiger partial charge >= 0.3 is 0 Å². The lowest BCUT2D eigenvalue weighted by molar-refractivity contribution is 0.421. The summed E-state index contributed by atoms with van der Waals surface area (Å²) in [5.41, 5.74) is 1.52. The van der Waals surface area contributed by atoms with Gasteiger partial charge in [-0.2, -0.15) is 0 Å². The van der Waals surface area contributed by atoms with E-state index in [1.807, 2.05) is 0 Å². The van der Waals surface area contributed by atoms with Gasteiger partial charge < -0.3 is 0 Å². The molecule has 0 aromatic heterocycles. The van der Waals surface area contributed by atoms with Crippen molar-refractivity contribution in [3.63, 3.8) is 0 Å². The molecule has 0 N–H and O–H groups in total. The minimum atomic E-state index is 0.112. The van der Waals surface area contributed by atoms with Gasteiger partial charge in [-0.15, -0.1) is 0 Å². The number of rotatable bonds is 2. The van der Waals surface area contributed by atoms with Crippen LogP contribution in [0.25, 0.3) is 0 Å². The molecule has 0 spiro atoms. The zero-order chi connectivity index (χ0) is 10.1. The maximum absolute atomic E-state index is 3.74. The summed E-state index contributed by atoms with van der Waals surface area (Å²) < 4.78 is 0.112. The van der Waals surface area contributed by atoms with Crippen LogP contribution < -0.4 is 0 Å². The van der Waals surface area contributed by atoms with Crippen molar-refractivity contribution in [2.75, 3.05) is 0 Å². The van der Waals surface area contributed by atoms with Crippen molar-refractivity contribution in [3.05, 3.63) is 35.9 Å². The first-order valence-corrected chi connectivity index (χ1v) is 5.39.